The van der Waals surface area contributed by atoms with Gasteiger partial charge in [0.15, 0.2) is 0 Å². The van der Waals surface area contributed by atoms with Crippen LogP contribution in [0.2, 0.25) is 0 Å². The molecule has 0 aliphatic rings. The van der Waals surface area contributed by atoms with Crippen LogP contribution in [0.3, 0.4) is 0 Å². The zero-order valence-electron chi connectivity index (χ0n) is 9.63. The van der Waals surface area contributed by atoms with E-state index in [4.69, 9.17) is 4.74 Å². The van der Waals surface area contributed by atoms with Gasteiger partial charge in [0.25, 0.3) is 5.56 Å². The van der Waals surface area contributed by atoms with Gasteiger partial charge < -0.3 is 9.72 Å². The average Bonchev–Trinajstić information content (AvgIpc) is 2.29. The molecule has 0 radical (unpaired) electrons. The van der Waals surface area contributed by atoms with Crippen LogP contribution in [0.25, 0.3) is 10.9 Å². The summed E-state index contributed by atoms with van der Waals surface area (Å²) in [5.74, 6) is 1.40. The molecule has 16 heavy (non-hydrogen) atoms. The number of methoxy groups -OCH3 is 1. The summed E-state index contributed by atoms with van der Waals surface area (Å²) in [6, 6.07) is 3.60. The second-order valence-corrected chi connectivity index (χ2v) is 3.71. The normalized spacial score (nSPS) is 10.7. The Hall–Kier alpha value is -1.84. The van der Waals surface area contributed by atoms with Crippen molar-refractivity contribution in [1.29, 1.82) is 0 Å². The first-order chi connectivity index (χ1) is 7.65. The molecule has 1 aromatic carbocycles. The molecular weight excluding hydrogens is 204 g/mol. The molecule has 1 aromatic heterocycles. The number of fused-ring (bicyclic) bond motifs is 1. The van der Waals surface area contributed by atoms with Gasteiger partial charge in [-0.25, -0.2) is 4.98 Å². The van der Waals surface area contributed by atoms with E-state index in [1.807, 2.05) is 19.9 Å². The van der Waals surface area contributed by atoms with Crippen molar-refractivity contribution in [2.75, 3.05) is 7.11 Å². The summed E-state index contributed by atoms with van der Waals surface area (Å²) in [5, 5.41) is 0.578. The van der Waals surface area contributed by atoms with Gasteiger partial charge in [0.1, 0.15) is 11.6 Å². The number of hydrogen-bond donors (Lipinski definition) is 1. The Kier molecular flexibility index (Phi) is 2.64. The minimum atomic E-state index is -0.108. The second-order valence-electron chi connectivity index (χ2n) is 3.71. The number of hydrogen-bond acceptors (Lipinski definition) is 3. The van der Waals surface area contributed by atoms with Crippen LogP contribution in [0.4, 0.5) is 0 Å². The quantitative estimate of drug-likeness (QED) is 0.836. The molecule has 0 amide bonds. The molecule has 4 heteroatoms. The standard InChI is InChI=1S/C12H14N2O2/c1-4-10-13-11-7(2)5-8(16-3)6-9(11)12(15)14-10/h5-6H,4H2,1-3H3,(H,13,14,15). The molecule has 0 saturated carbocycles. The SMILES string of the molecule is CCc1nc2c(C)cc(OC)cc2c(=O)[nH]1. The van der Waals surface area contributed by atoms with Crippen LogP contribution in [0, 0.1) is 6.92 Å². The average molecular weight is 218 g/mol. The lowest BCUT2D eigenvalue weighted by Crippen LogP contribution is -2.12. The molecule has 2 rings (SSSR count). The largest absolute Gasteiger partial charge is 0.497 e. The molecule has 2 aromatic rings. The van der Waals surface area contributed by atoms with Crippen molar-refractivity contribution in [2.45, 2.75) is 20.3 Å². The molecule has 0 spiro atoms. The molecule has 0 aliphatic carbocycles. The summed E-state index contributed by atoms with van der Waals surface area (Å²) in [6.45, 7) is 3.89. The van der Waals surface area contributed by atoms with Gasteiger partial charge in [-0.3, -0.25) is 4.79 Å². The summed E-state index contributed by atoms with van der Waals surface area (Å²) >= 11 is 0. The van der Waals surface area contributed by atoms with Crippen LogP contribution in [0.5, 0.6) is 5.75 Å². The van der Waals surface area contributed by atoms with Gasteiger partial charge in [0.05, 0.1) is 18.0 Å². The van der Waals surface area contributed by atoms with E-state index in [2.05, 4.69) is 9.97 Å². The second kappa shape index (κ2) is 3.96. The van der Waals surface area contributed by atoms with E-state index in [9.17, 15) is 4.79 Å². The molecule has 0 atom stereocenters. The highest BCUT2D eigenvalue weighted by atomic mass is 16.5. The fraction of sp³-hybridized carbons (Fsp3) is 0.333. The number of rotatable bonds is 2. The molecule has 0 saturated heterocycles. The first-order valence-electron chi connectivity index (χ1n) is 5.23. The molecule has 1 N–H and O–H groups in total. The highest BCUT2D eigenvalue weighted by Crippen LogP contribution is 2.20. The third-order valence-electron chi connectivity index (χ3n) is 2.59. The Balaban J connectivity index is 2.84. The number of aryl methyl sites for hydroxylation is 2. The van der Waals surface area contributed by atoms with E-state index in [0.717, 1.165) is 17.5 Å². The molecular formula is C12H14N2O2. The van der Waals surface area contributed by atoms with Crippen molar-refractivity contribution in [2.24, 2.45) is 0 Å². The highest BCUT2D eigenvalue weighted by Gasteiger charge is 2.07. The van der Waals surface area contributed by atoms with Gasteiger partial charge in [-0.15, -0.1) is 0 Å². The number of aromatic nitrogens is 2. The van der Waals surface area contributed by atoms with Gasteiger partial charge in [-0.05, 0) is 24.6 Å². The molecule has 4 nitrogen and oxygen atoms in total. The Morgan fingerprint density at radius 1 is 1.44 bits per heavy atom. The zero-order valence-corrected chi connectivity index (χ0v) is 9.63. The van der Waals surface area contributed by atoms with E-state index in [-0.39, 0.29) is 5.56 Å². The molecule has 0 fully saturated rings. The lowest BCUT2D eigenvalue weighted by molar-refractivity contribution is 0.415. The maximum atomic E-state index is 11.8. The monoisotopic (exact) mass is 218 g/mol. The molecule has 0 bridgehead atoms. The van der Waals surface area contributed by atoms with Gasteiger partial charge in [0.2, 0.25) is 0 Å². The predicted octanol–water partition coefficient (Wildman–Crippen LogP) is 1.80. The molecule has 0 aliphatic heterocycles. The zero-order chi connectivity index (χ0) is 11.7. The minimum Gasteiger partial charge on any atom is -0.497 e. The van der Waals surface area contributed by atoms with Crippen LogP contribution in [0.15, 0.2) is 16.9 Å². The van der Waals surface area contributed by atoms with Crippen LogP contribution >= 0.6 is 0 Å². The van der Waals surface area contributed by atoms with Gasteiger partial charge in [-0.1, -0.05) is 6.92 Å². The van der Waals surface area contributed by atoms with Crippen LogP contribution in [0.1, 0.15) is 18.3 Å². The third kappa shape index (κ3) is 1.66. The molecule has 1 heterocycles. The van der Waals surface area contributed by atoms with Crippen molar-refractivity contribution in [3.63, 3.8) is 0 Å². The van der Waals surface area contributed by atoms with Gasteiger partial charge >= 0.3 is 0 Å². The van der Waals surface area contributed by atoms with Crippen molar-refractivity contribution in [3.8, 4) is 5.75 Å². The number of ether oxygens (including phenoxy) is 1. The number of H-pyrrole nitrogens is 1. The van der Waals surface area contributed by atoms with E-state index in [0.29, 0.717) is 17.0 Å². The number of nitrogens with one attached hydrogen (secondary N) is 1. The smallest absolute Gasteiger partial charge is 0.258 e. The Bertz CT molecular complexity index is 587. The summed E-state index contributed by atoms with van der Waals surface area (Å²) < 4.78 is 5.13. The van der Waals surface area contributed by atoms with Crippen molar-refractivity contribution >= 4 is 10.9 Å². The Morgan fingerprint density at radius 2 is 2.19 bits per heavy atom. The summed E-state index contributed by atoms with van der Waals surface area (Å²) in [4.78, 5) is 19.0. The fourth-order valence-electron chi connectivity index (χ4n) is 1.71. The lowest BCUT2D eigenvalue weighted by Gasteiger charge is -2.06. The summed E-state index contributed by atoms with van der Waals surface area (Å²) in [6.07, 6.45) is 0.719. The van der Waals surface area contributed by atoms with E-state index in [1.165, 1.54) is 0 Å². The minimum absolute atomic E-state index is 0.108. The van der Waals surface area contributed by atoms with Gasteiger partial charge in [-0.2, -0.15) is 0 Å². The van der Waals surface area contributed by atoms with E-state index >= 15 is 0 Å². The van der Waals surface area contributed by atoms with E-state index in [1.54, 1.807) is 13.2 Å². The van der Waals surface area contributed by atoms with Crippen molar-refractivity contribution < 1.29 is 4.74 Å². The first-order valence-corrected chi connectivity index (χ1v) is 5.23. The number of benzene rings is 1. The molecule has 0 unspecified atom stereocenters. The number of aromatic amines is 1. The van der Waals surface area contributed by atoms with Crippen LogP contribution in [-0.2, 0) is 6.42 Å². The summed E-state index contributed by atoms with van der Waals surface area (Å²) in [5.41, 5.74) is 1.60. The van der Waals surface area contributed by atoms with Crippen molar-refractivity contribution in [1.82, 2.24) is 9.97 Å². The molecule has 84 valence electrons. The van der Waals surface area contributed by atoms with Crippen LogP contribution in [-0.4, -0.2) is 17.1 Å². The lowest BCUT2D eigenvalue weighted by atomic mass is 10.1. The topological polar surface area (TPSA) is 55.0 Å². The van der Waals surface area contributed by atoms with Crippen molar-refractivity contribution in [3.05, 3.63) is 33.9 Å². The highest BCUT2D eigenvalue weighted by molar-refractivity contribution is 5.82. The summed E-state index contributed by atoms with van der Waals surface area (Å²) in [7, 11) is 1.59. The first kappa shape index (κ1) is 10.7. The Labute approximate surface area is 93.3 Å². The van der Waals surface area contributed by atoms with Crippen LogP contribution < -0.4 is 10.3 Å². The maximum Gasteiger partial charge on any atom is 0.258 e. The number of nitrogens with zero attached hydrogens (tertiary/aromatic N) is 1. The maximum absolute atomic E-state index is 11.8. The van der Waals surface area contributed by atoms with Gasteiger partial charge in [0, 0.05) is 6.42 Å². The Morgan fingerprint density at radius 3 is 2.81 bits per heavy atom. The fourth-order valence-corrected chi connectivity index (χ4v) is 1.71. The third-order valence-corrected chi connectivity index (χ3v) is 2.59. The van der Waals surface area contributed by atoms with E-state index < -0.39 is 0 Å². The predicted molar refractivity (Wildman–Crippen MR) is 63.0 cm³/mol.